The lowest BCUT2D eigenvalue weighted by Crippen LogP contribution is -1.81. The number of hydrogen-bond acceptors (Lipinski definition) is 0. The molecule has 2 radical (unpaired) electrons. The molecule has 2 aromatic heterocycles. The molecule has 0 aliphatic heterocycles. The van der Waals surface area contributed by atoms with Gasteiger partial charge in [0.2, 0.25) is 0 Å². The molecule has 0 spiro atoms. The van der Waals surface area contributed by atoms with Crippen LogP contribution in [-0.4, -0.2) is 9.97 Å². The van der Waals surface area contributed by atoms with E-state index in [2.05, 4.69) is 52.8 Å². The maximum absolute atomic E-state index is 3.49. The van der Waals surface area contributed by atoms with E-state index in [0.717, 1.165) is 22.2 Å². The van der Waals surface area contributed by atoms with Crippen LogP contribution < -0.4 is 0 Å². The molecule has 0 aliphatic carbocycles. The molecule has 19 heavy (non-hydrogen) atoms. The van der Waals surface area contributed by atoms with Gasteiger partial charge in [-0.3, -0.25) is 0 Å². The second-order valence-corrected chi connectivity index (χ2v) is 4.62. The second kappa shape index (κ2) is 4.02. The summed E-state index contributed by atoms with van der Waals surface area (Å²) in [5.41, 5.74) is 4.48. The van der Waals surface area contributed by atoms with Crippen molar-refractivity contribution in [1.29, 1.82) is 0 Å². The Bertz CT molecular complexity index is 780. The number of nitrogens with one attached hydrogen (secondary N) is 2. The highest BCUT2D eigenvalue weighted by atomic mass is 14.7. The third kappa shape index (κ3) is 1.65. The minimum Gasteiger partial charge on any atom is -0.361 e. The van der Waals surface area contributed by atoms with E-state index < -0.39 is 0 Å². The van der Waals surface area contributed by atoms with Crippen LogP contribution in [-0.2, 0) is 0 Å². The van der Waals surface area contributed by atoms with E-state index >= 15 is 0 Å². The Morgan fingerprint density at radius 3 is 1.63 bits per heavy atom. The molecule has 0 saturated carbocycles. The highest BCUT2D eigenvalue weighted by molar-refractivity contribution is 5.89. The van der Waals surface area contributed by atoms with Crippen molar-refractivity contribution in [3.63, 3.8) is 0 Å². The molecular formula is C17H12N2. The average Bonchev–Trinajstić information content (AvgIpc) is 3.05. The minimum atomic E-state index is 1.10. The van der Waals surface area contributed by atoms with Crippen molar-refractivity contribution in [3.05, 3.63) is 78.5 Å². The van der Waals surface area contributed by atoms with Crippen molar-refractivity contribution in [3.8, 4) is 0 Å². The third-order valence-corrected chi connectivity index (χ3v) is 3.45. The lowest BCUT2D eigenvalue weighted by molar-refractivity contribution is 1.41. The van der Waals surface area contributed by atoms with Crippen molar-refractivity contribution in [1.82, 2.24) is 9.97 Å². The van der Waals surface area contributed by atoms with Gasteiger partial charge in [-0.05, 0) is 23.3 Å². The number of H-pyrrole nitrogens is 2. The minimum absolute atomic E-state index is 1.10. The summed E-state index contributed by atoms with van der Waals surface area (Å²) in [7, 11) is 0. The number of para-hydroxylation sites is 2. The Hall–Kier alpha value is -2.48. The van der Waals surface area contributed by atoms with Gasteiger partial charge >= 0.3 is 0 Å². The molecule has 0 unspecified atom stereocenters. The van der Waals surface area contributed by atoms with Crippen molar-refractivity contribution >= 4 is 21.8 Å². The van der Waals surface area contributed by atoms with Gasteiger partial charge < -0.3 is 9.97 Å². The first-order chi connectivity index (χ1) is 9.42. The van der Waals surface area contributed by atoms with Crippen LogP contribution in [0.25, 0.3) is 21.8 Å². The molecular weight excluding hydrogens is 232 g/mol. The Labute approximate surface area is 111 Å². The fraction of sp³-hybridized carbons (Fsp3) is 0. The first-order valence-corrected chi connectivity index (χ1v) is 6.31. The summed E-state index contributed by atoms with van der Waals surface area (Å²) in [5, 5.41) is 2.40. The zero-order chi connectivity index (χ0) is 12.7. The number of aromatic nitrogens is 2. The Morgan fingerprint density at radius 1 is 0.632 bits per heavy atom. The summed E-state index contributed by atoms with van der Waals surface area (Å²) in [4.78, 5) is 6.55. The number of rotatable bonds is 2. The number of benzene rings is 2. The molecule has 0 bridgehead atoms. The third-order valence-electron chi connectivity index (χ3n) is 3.45. The fourth-order valence-corrected chi connectivity index (χ4v) is 2.49. The lowest BCUT2D eigenvalue weighted by Gasteiger charge is -1.97. The predicted octanol–water partition coefficient (Wildman–Crippen LogP) is 4.13. The van der Waals surface area contributed by atoms with E-state index in [4.69, 9.17) is 0 Å². The molecule has 2 heteroatoms. The summed E-state index contributed by atoms with van der Waals surface area (Å²) >= 11 is 0. The van der Waals surface area contributed by atoms with E-state index in [-0.39, 0.29) is 0 Å². The summed E-state index contributed by atoms with van der Waals surface area (Å²) < 4.78 is 0. The zero-order valence-electron chi connectivity index (χ0n) is 10.3. The summed E-state index contributed by atoms with van der Waals surface area (Å²) in [6.45, 7) is 0. The molecule has 0 amide bonds. The fourth-order valence-electron chi connectivity index (χ4n) is 2.49. The largest absolute Gasteiger partial charge is 0.361 e. The van der Waals surface area contributed by atoms with Crippen LogP contribution in [0.4, 0.5) is 0 Å². The predicted molar refractivity (Wildman–Crippen MR) is 78.0 cm³/mol. The van der Waals surface area contributed by atoms with Crippen molar-refractivity contribution in [2.75, 3.05) is 0 Å². The Kier molecular flexibility index (Phi) is 2.21. The van der Waals surface area contributed by atoms with Gasteiger partial charge in [0.05, 0.1) is 6.42 Å². The molecule has 2 nitrogen and oxygen atoms in total. The maximum Gasteiger partial charge on any atom is 0.0547 e. The molecule has 4 aromatic rings. The van der Waals surface area contributed by atoms with E-state index in [9.17, 15) is 0 Å². The first kappa shape index (κ1) is 10.4. The van der Waals surface area contributed by atoms with Crippen LogP contribution >= 0.6 is 0 Å². The Morgan fingerprint density at radius 2 is 1.11 bits per heavy atom. The molecule has 2 heterocycles. The van der Waals surface area contributed by atoms with E-state index in [1.807, 2.05) is 24.5 Å². The molecule has 0 saturated heterocycles. The monoisotopic (exact) mass is 244 g/mol. The molecule has 0 aliphatic rings. The number of hydrogen-bond donors (Lipinski definition) is 2. The standard InChI is InChI=1S/C17H12N2/c1-3-7-16-14(5-1)12(10-18-16)9-13-11-19-17-8-4-2-6-15(13)17/h1-8,10-11,18-19H. The lowest BCUT2D eigenvalue weighted by atomic mass is 10.0. The topological polar surface area (TPSA) is 31.6 Å². The van der Waals surface area contributed by atoms with Gasteiger partial charge in [0.15, 0.2) is 0 Å². The smallest absolute Gasteiger partial charge is 0.0547 e. The molecule has 2 N–H and O–H groups in total. The quantitative estimate of drug-likeness (QED) is 0.531. The number of aromatic amines is 2. The van der Waals surface area contributed by atoms with Crippen LogP contribution in [0.2, 0.25) is 0 Å². The molecule has 2 aromatic carbocycles. The van der Waals surface area contributed by atoms with Crippen LogP contribution in [0.1, 0.15) is 11.1 Å². The van der Waals surface area contributed by atoms with Crippen LogP contribution in [0.5, 0.6) is 0 Å². The summed E-state index contributed by atoms with van der Waals surface area (Å²) in [6, 6.07) is 16.6. The van der Waals surface area contributed by atoms with Crippen LogP contribution in [0.3, 0.4) is 0 Å². The van der Waals surface area contributed by atoms with Gasteiger partial charge in [-0.2, -0.15) is 0 Å². The van der Waals surface area contributed by atoms with Gasteiger partial charge in [-0.1, -0.05) is 36.4 Å². The van der Waals surface area contributed by atoms with Gasteiger partial charge in [-0.25, -0.2) is 0 Å². The second-order valence-electron chi connectivity index (χ2n) is 4.62. The van der Waals surface area contributed by atoms with Crippen molar-refractivity contribution in [2.24, 2.45) is 0 Å². The average molecular weight is 244 g/mol. The molecule has 4 rings (SSSR count). The molecule has 0 fully saturated rings. The van der Waals surface area contributed by atoms with Gasteiger partial charge in [0.1, 0.15) is 0 Å². The normalized spacial score (nSPS) is 11.4. The van der Waals surface area contributed by atoms with E-state index in [1.165, 1.54) is 10.8 Å². The van der Waals surface area contributed by atoms with Gasteiger partial charge in [0.25, 0.3) is 0 Å². The van der Waals surface area contributed by atoms with Gasteiger partial charge in [-0.15, -0.1) is 0 Å². The van der Waals surface area contributed by atoms with E-state index in [1.54, 1.807) is 0 Å². The van der Waals surface area contributed by atoms with Gasteiger partial charge in [0, 0.05) is 34.2 Å². The van der Waals surface area contributed by atoms with Crippen molar-refractivity contribution < 1.29 is 0 Å². The first-order valence-electron chi connectivity index (χ1n) is 6.31. The molecule has 0 atom stereocenters. The van der Waals surface area contributed by atoms with Crippen molar-refractivity contribution in [2.45, 2.75) is 0 Å². The van der Waals surface area contributed by atoms with Crippen LogP contribution in [0, 0.1) is 6.42 Å². The maximum atomic E-state index is 3.49. The van der Waals surface area contributed by atoms with E-state index in [0.29, 0.717) is 0 Å². The van der Waals surface area contributed by atoms with Crippen LogP contribution in [0.15, 0.2) is 60.9 Å². The zero-order valence-corrected chi connectivity index (χ0v) is 10.3. The Balaban J connectivity index is 1.82. The number of fused-ring (bicyclic) bond motifs is 2. The SMILES string of the molecule is [C](c1c[nH]c2ccccc12)c1c[nH]c2ccccc12. The highest BCUT2D eigenvalue weighted by Gasteiger charge is 2.08. The summed E-state index contributed by atoms with van der Waals surface area (Å²) in [6.07, 6.45) is 7.50. The highest BCUT2D eigenvalue weighted by Crippen LogP contribution is 2.26. The molecule has 90 valence electrons. The summed E-state index contributed by atoms with van der Waals surface area (Å²) in [5.74, 6) is 0.